The van der Waals surface area contributed by atoms with Crippen molar-refractivity contribution in [3.8, 4) is 5.69 Å². The lowest BCUT2D eigenvalue weighted by molar-refractivity contribution is 0.0996. The van der Waals surface area contributed by atoms with Crippen molar-refractivity contribution in [2.75, 3.05) is 6.54 Å². The summed E-state index contributed by atoms with van der Waals surface area (Å²) < 4.78 is 4.29. The minimum atomic E-state index is 0.636. The van der Waals surface area contributed by atoms with Gasteiger partial charge in [0.15, 0.2) is 0 Å². The van der Waals surface area contributed by atoms with Crippen LogP contribution in [0, 0.1) is 18.6 Å². The fourth-order valence-corrected chi connectivity index (χ4v) is 3.67. The van der Waals surface area contributed by atoms with Gasteiger partial charge >= 0.3 is 0 Å². The molecule has 0 amide bonds. The Hall–Kier alpha value is -1.53. The second-order valence-corrected chi connectivity index (χ2v) is 6.84. The third kappa shape index (κ3) is 3.38. The van der Waals surface area contributed by atoms with E-state index in [1.807, 2.05) is 4.68 Å². The van der Waals surface area contributed by atoms with Crippen molar-refractivity contribution < 1.29 is 0 Å². The van der Waals surface area contributed by atoms with Crippen molar-refractivity contribution in [3.05, 3.63) is 34.1 Å². The van der Waals surface area contributed by atoms with E-state index in [4.69, 9.17) is 12.2 Å². The van der Waals surface area contributed by atoms with Crippen LogP contribution in [0.2, 0.25) is 0 Å². The Bertz CT molecular complexity index is 733. The fraction of sp³-hybridized carbons (Fsp3) is 0.588. The van der Waals surface area contributed by atoms with E-state index in [9.17, 15) is 0 Å². The van der Waals surface area contributed by atoms with Crippen LogP contribution in [0.25, 0.3) is 5.69 Å². The van der Waals surface area contributed by atoms with Crippen molar-refractivity contribution in [1.29, 1.82) is 0 Å². The van der Waals surface area contributed by atoms with E-state index in [1.54, 1.807) is 4.68 Å². The molecule has 0 saturated carbocycles. The van der Waals surface area contributed by atoms with Gasteiger partial charge in [0.05, 0.1) is 12.4 Å². The number of likely N-dealkylation sites (tertiary alicyclic amines) is 1. The maximum absolute atomic E-state index is 5.62. The average Bonchev–Trinajstić information content (AvgIpc) is 2.89. The van der Waals surface area contributed by atoms with Crippen molar-refractivity contribution in [3.63, 3.8) is 0 Å². The number of hydrogen-bond acceptors (Lipinski definition) is 4. The predicted octanol–water partition coefficient (Wildman–Crippen LogP) is 3.64. The molecule has 23 heavy (non-hydrogen) atoms. The molecule has 1 aromatic carbocycles. The standard InChI is InChI=1S/C17H25N5S/c1-4-15-7-5-6-10-20(15)12-21-17(23)22(19-18-21)16-9-8-13(2)11-14(16)3/h8-9,11,15H,4-7,10,12H2,1-3H3/t15-/m1/s1. The largest absolute Gasteiger partial charge is 0.281 e. The monoisotopic (exact) mass is 331 g/mol. The molecule has 0 unspecified atom stereocenters. The Morgan fingerprint density at radius 1 is 1.22 bits per heavy atom. The van der Waals surface area contributed by atoms with Gasteiger partial charge in [-0.3, -0.25) is 4.90 Å². The molecule has 0 bridgehead atoms. The zero-order valence-corrected chi connectivity index (χ0v) is 15.0. The molecular formula is C17H25N5S. The Morgan fingerprint density at radius 2 is 2.04 bits per heavy atom. The van der Waals surface area contributed by atoms with Crippen LogP contribution in [0.5, 0.6) is 0 Å². The van der Waals surface area contributed by atoms with Crippen molar-refractivity contribution in [2.24, 2.45) is 0 Å². The highest BCUT2D eigenvalue weighted by atomic mass is 32.1. The molecular weight excluding hydrogens is 306 g/mol. The first-order valence-electron chi connectivity index (χ1n) is 8.44. The molecule has 0 radical (unpaired) electrons. The molecule has 0 spiro atoms. The van der Waals surface area contributed by atoms with E-state index < -0.39 is 0 Å². The topological polar surface area (TPSA) is 38.9 Å². The van der Waals surface area contributed by atoms with Gasteiger partial charge < -0.3 is 0 Å². The normalized spacial score (nSPS) is 19.2. The molecule has 6 heteroatoms. The Morgan fingerprint density at radius 3 is 2.78 bits per heavy atom. The molecule has 1 atom stereocenters. The fourth-order valence-electron chi connectivity index (χ4n) is 3.44. The summed E-state index contributed by atoms with van der Waals surface area (Å²) in [6, 6.07) is 6.93. The van der Waals surface area contributed by atoms with E-state index in [-0.39, 0.29) is 0 Å². The second kappa shape index (κ2) is 6.93. The number of aryl methyl sites for hydroxylation is 2. The Balaban J connectivity index is 1.86. The highest BCUT2D eigenvalue weighted by Crippen LogP contribution is 2.20. The summed E-state index contributed by atoms with van der Waals surface area (Å²) >= 11 is 5.62. The van der Waals surface area contributed by atoms with E-state index in [1.165, 1.54) is 31.2 Å². The number of rotatable bonds is 4. The highest BCUT2D eigenvalue weighted by molar-refractivity contribution is 7.71. The van der Waals surface area contributed by atoms with E-state index in [0.29, 0.717) is 10.8 Å². The van der Waals surface area contributed by atoms with Crippen LogP contribution < -0.4 is 0 Å². The maximum Gasteiger partial charge on any atom is 0.221 e. The lowest BCUT2D eigenvalue weighted by atomic mass is 10.0. The van der Waals surface area contributed by atoms with Crippen molar-refractivity contribution >= 4 is 12.2 Å². The molecule has 3 rings (SSSR count). The zero-order chi connectivity index (χ0) is 16.4. The summed E-state index contributed by atoms with van der Waals surface area (Å²) in [5.74, 6) is 0. The van der Waals surface area contributed by atoms with Crippen LogP contribution in [-0.4, -0.2) is 37.3 Å². The molecule has 1 fully saturated rings. The summed E-state index contributed by atoms with van der Waals surface area (Å²) in [7, 11) is 0. The second-order valence-electron chi connectivity index (χ2n) is 6.47. The van der Waals surface area contributed by atoms with Gasteiger partial charge in [-0.05, 0) is 67.4 Å². The zero-order valence-electron chi connectivity index (χ0n) is 14.2. The number of aromatic nitrogens is 4. The van der Waals surface area contributed by atoms with Crippen LogP contribution in [-0.2, 0) is 6.67 Å². The quantitative estimate of drug-likeness (QED) is 0.802. The molecule has 1 aliphatic heterocycles. The molecule has 1 aromatic heterocycles. The first-order valence-corrected chi connectivity index (χ1v) is 8.85. The molecule has 2 heterocycles. The van der Waals surface area contributed by atoms with E-state index in [2.05, 4.69) is 54.3 Å². The lowest BCUT2D eigenvalue weighted by Gasteiger charge is -2.34. The van der Waals surface area contributed by atoms with Crippen LogP contribution in [0.1, 0.15) is 43.7 Å². The lowest BCUT2D eigenvalue weighted by Crippen LogP contribution is -2.40. The number of hydrogen-bond donors (Lipinski definition) is 0. The molecule has 5 nitrogen and oxygen atoms in total. The SMILES string of the molecule is CC[C@@H]1CCCCN1Cn1nnn(-c2ccc(C)cc2C)c1=S. The molecule has 0 aliphatic carbocycles. The summed E-state index contributed by atoms with van der Waals surface area (Å²) in [5.41, 5.74) is 3.42. The van der Waals surface area contributed by atoms with Crippen LogP contribution in [0.3, 0.4) is 0 Å². The summed E-state index contributed by atoms with van der Waals surface area (Å²) in [5, 5.41) is 8.59. The van der Waals surface area contributed by atoms with Gasteiger partial charge in [0.1, 0.15) is 0 Å². The van der Waals surface area contributed by atoms with Crippen molar-refractivity contribution in [2.45, 2.75) is 59.2 Å². The Labute approximate surface area is 142 Å². The average molecular weight is 331 g/mol. The maximum atomic E-state index is 5.62. The van der Waals surface area contributed by atoms with Gasteiger partial charge in [-0.25, -0.2) is 4.68 Å². The first-order chi connectivity index (χ1) is 11.1. The van der Waals surface area contributed by atoms with Gasteiger partial charge in [0, 0.05) is 12.6 Å². The predicted molar refractivity (Wildman–Crippen MR) is 94.3 cm³/mol. The minimum absolute atomic E-state index is 0.636. The van der Waals surface area contributed by atoms with Crippen LogP contribution in [0.15, 0.2) is 18.2 Å². The van der Waals surface area contributed by atoms with Crippen molar-refractivity contribution in [1.82, 2.24) is 24.7 Å². The summed E-state index contributed by atoms with van der Waals surface area (Å²) in [6.07, 6.45) is 5.04. The van der Waals surface area contributed by atoms with Gasteiger partial charge in [-0.15, -0.1) is 0 Å². The molecule has 2 aromatic rings. The van der Waals surface area contributed by atoms with Crippen LogP contribution >= 0.6 is 12.2 Å². The highest BCUT2D eigenvalue weighted by Gasteiger charge is 2.22. The van der Waals surface area contributed by atoms with E-state index >= 15 is 0 Å². The molecule has 1 saturated heterocycles. The number of benzene rings is 1. The van der Waals surface area contributed by atoms with Gasteiger partial charge in [-0.2, -0.15) is 4.68 Å². The molecule has 0 N–H and O–H groups in total. The third-order valence-corrected chi connectivity index (χ3v) is 5.14. The van der Waals surface area contributed by atoms with E-state index in [0.717, 1.165) is 24.5 Å². The Kier molecular flexibility index (Phi) is 4.92. The first kappa shape index (κ1) is 16.3. The molecule has 124 valence electrons. The summed E-state index contributed by atoms with van der Waals surface area (Å²) in [4.78, 5) is 2.49. The smallest absolute Gasteiger partial charge is 0.221 e. The number of piperidine rings is 1. The summed E-state index contributed by atoms with van der Waals surface area (Å²) in [6.45, 7) is 8.29. The minimum Gasteiger partial charge on any atom is -0.281 e. The molecule has 1 aliphatic rings. The number of tetrazole rings is 1. The van der Waals surface area contributed by atoms with Gasteiger partial charge in [-0.1, -0.05) is 31.0 Å². The van der Waals surface area contributed by atoms with Gasteiger partial charge in [0.2, 0.25) is 4.77 Å². The van der Waals surface area contributed by atoms with Gasteiger partial charge in [0.25, 0.3) is 0 Å². The number of nitrogens with zero attached hydrogens (tertiary/aromatic N) is 5. The van der Waals surface area contributed by atoms with Crippen LogP contribution in [0.4, 0.5) is 0 Å². The third-order valence-electron chi connectivity index (χ3n) is 4.76.